The molecule has 2 atom stereocenters. The molecular weight excluding hydrogens is 440 g/mol. The van der Waals surface area contributed by atoms with Gasteiger partial charge in [0.25, 0.3) is 0 Å². The molecule has 1 fully saturated rings. The number of rotatable bonds is 4. The molecule has 0 radical (unpaired) electrons. The zero-order chi connectivity index (χ0) is 23.3. The molecule has 1 heterocycles. The van der Waals surface area contributed by atoms with E-state index >= 15 is 0 Å². The van der Waals surface area contributed by atoms with Crippen molar-refractivity contribution in [2.75, 3.05) is 20.3 Å². The molecule has 32 heavy (non-hydrogen) atoms. The highest BCUT2D eigenvalue weighted by molar-refractivity contribution is 7.79. The minimum absolute atomic E-state index is 0.0349. The van der Waals surface area contributed by atoms with Gasteiger partial charge in [0.1, 0.15) is 12.6 Å². The zero-order valence-corrected chi connectivity index (χ0v) is 18.0. The molecule has 10 nitrogen and oxygen atoms in total. The fourth-order valence-electron chi connectivity index (χ4n) is 3.97. The first-order chi connectivity index (χ1) is 15.2. The lowest BCUT2D eigenvalue weighted by Gasteiger charge is -2.16. The van der Waals surface area contributed by atoms with E-state index in [1.54, 1.807) is 0 Å². The second kappa shape index (κ2) is 10.1. The number of hydrogen-bond donors (Lipinski definition) is 4. The van der Waals surface area contributed by atoms with Crippen LogP contribution in [0.15, 0.2) is 48.5 Å². The summed E-state index contributed by atoms with van der Waals surface area (Å²) >= 11 is 0. The quantitative estimate of drug-likeness (QED) is 0.392. The van der Waals surface area contributed by atoms with Crippen molar-refractivity contribution in [2.45, 2.75) is 24.4 Å². The third-order valence-electron chi connectivity index (χ3n) is 5.28. The Kier molecular flexibility index (Phi) is 7.46. The van der Waals surface area contributed by atoms with Crippen molar-refractivity contribution < 1.29 is 36.6 Å². The SMILES string of the molecule is COC(=O)[C@@H]1C[C@@H](NC(=O)OCC2c3ccccc3-c3ccccc32)CN1.O=S(=O)(O)O. The number of fused-ring (bicyclic) bond motifs is 3. The third-order valence-corrected chi connectivity index (χ3v) is 5.28. The van der Waals surface area contributed by atoms with Crippen LogP contribution in [0, 0.1) is 0 Å². The largest absolute Gasteiger partial charge is 0.468 e. The predicted molar refractivity (Wildman–Crippen MR) is 115 cm³/mol. The summed E-state index contributed by atoms with van der Waals surface area (Å²) in [4.78, 5) is 23.8. The summed E-state index contributed by atoms with van der Waals surface area (Å²) in [5, 5.41) is 5.87. The molecule has 0 aromatic heterocycles. The van der Waals surface area contributed by atoms with E-state index in [9.17, 15) is 9.59 Å². The number of esters is 1. The van der Waals surface area contributed by atoms with E-state index in [0.29, 0.717) is 13.0 Å². The maximum Gasteiger partial charge on any atom is 0.407 e. The second-order valence-electron chi connectivity index (χ2n) is 7.33. The molecule has 1 aliphatic heterocycles. The highest BCUT2D eigenvalue weighted by atomic mass is 32.3. The molecule has 0 saturated carbocycles. The summed E-state index contributed by atoms with van der Waals surface area (Å²) in [6.07, 6.45) is 0.0332. The van der Waals surface area contributed by atoms with Gasteiger partial charge >= 0.3 is 22.5 Å². The third kappa shape index (κ3) is 6.04. The summed E-state index contributed by atoms with van der Waals surface area (Å²) < 4.78 is 41.8. The number of benzene rings is 2. The molecule has 172 valence electrons. The van der Waals surface area contributed by atoms with Gasteiger partial charge in [-0.15, -0.1) is 0 Å². The second-order valence-corrected chi connectivity index (χ2v) is 8.23. The molecule has 2 aromatic carbocycles. The summed E-state index contributed by atoms with van der Waals surface area (Å²) in [5.41, 5.74) is 4.76. The summed E-state index contributed by atoms with van der Waals surface area (Å²) in [6.45, 7) is 0.796. The zero-order valence-electron chi connectivity index (χ0n) is 17.2. The van der Waals surface area contributed by atoms with Crippen molar-refractivity contribution in [1.82, 2.24) is 10.6 Å². The van der Waals surface area contributed by atoms with Crippen LogP contribution in [-0.4, -0.2) is 61.9 Å². The smallest absolute Gasteiger partial charge is 0.407 e. The van der Waals surface area contributed by atoms with E-state index < -0.39 is 16.5 Å². The molecule has 2 aliphatic rings. The first-order valence-electron chi connectivity index (χ1n) is 9.80. The molecule has 0 spiro atoms. The molecule has 0 unspecified atom stereocenters. The first kappa shape index (κ1) is 23.7. The molecule has 1 aliphatic carbocycles. The van der Waals surface area contributed by atoms with Crippen molar-refractivity contribution in [3.63, 3.8) is 0 Å². The fourth-order valence-corrected chi connectivity index (χ4v) is 3.97. The number of hydrogen-bond acceptors (Lipinski definition) is 7. The monoisotopic (exact) mass is 464 g/mol. The number of ether oxygens (including phenoxy) is 2. The highest BCUT2D eigenvalue weighted by Gasteiger charge is 2.32. The van der Waals surface area contributed by atoms with Crippen LogP contribution in [0.5, 0.6) is 0 Å². The highest BCUT2D eigenvalue weighted by Crippen LogP contribution is 2.44. The van der Waals surface area contributed by atoms with Crippen molar-refractivity contribution in [2.24, 2.45) is 0 Å². The Hall–Kier alpha value is -2.99. The van der Waals surface area contributed by atoms with Gasteiger partial charge in [-0.2, -0.15) is 8.42 Å². The maximum absolute atomic E-state index is 12.2. The van der Waals surface area contributed by atoms with Gasteiger partial charge in [-0.1, -0.05) is 48.5 Å². The molecule has 2 aromatic rings. The number of nitrogens with one attached hydrogen (secondary N) is 2. The van der Waals surface area contributed by atoms with E-state index in [4.69, 9.17) is 27.0 Å². The molecule has 4 rings (SSSR count). The Morgan fingerprint density at radius 3 is 2.12 bits per heavy atom. The van der Waals surface area contributed by atoms with E-state index in [1.807, 2.05) is 24.3 Å². The Morgan fingerprint density at radius 1 is 1.06 bits per heavy atom. The molecule has 1 saturated heterocycles. The lowest BCUT2D eigenvalue weighted by atomic mass is 9.98. The van der Waals surface area contributed by atoms with Gasteiger partial charge in [0.05, 0.1) is 7.11 Å². The van der Waals surface area contributed by atoms with Gasteiger partial charge in [0.15, 0.2) is 0 Å². The van der Waals surface area contributed by atoms with Crippen LogP contribution in [-0.2, 0) is 24.7 Å². The molecule has 1 amide bonds. The lowest BCUT2D eigenvalue weighted by Crippen LogP contribution is -2.37. The fraction of sp³-hybridized carbons (Fsp3) is 0.333. The standard InChI is InChI=1S/C21H22N2O4.H2O4S/c1-26-20(24)19-10-13(11-22-19)23-21(25)27-12-18-16-8-4-2-6-14(16)15-7-3-5-9-17(15)18;1-5(2,3)4/h2-9,13,18-19,22H,10-12H2,1H3,(H,23,25);(H2,1,2,3,4)/t13-,19+;/m1./s1. The average Bonchev–Trinajstić information content (AvgIpc) is 3.33. The lowest BCUT2D eigenvalue weighted by molar-refractivity contribution is -0.142. The molecule has 0 bridgehead atoms. The minimum atomic E-state index is -4.67. The van der Waals surface area contributed by atoms with Crippen LogP contribution in [0.2, 0.25) is 0 Å². The van der Waals surface area contributed by atoms with Crippen molar-refractivity contribution >= 4 is 22.5 Å². The van der Waals surface area contributed by atoms with Crippen LogP contribution in [0.25, 0.3) is 11.1 Å². The summed E-state index contributed by atoms with van der Waals surface area (Å²) in [7, 11) is -3.31. The van der Waals surface area contributed by atoms with Crippen LogP contribution in [0.1, 0.15) is 23.5 Å². The Labute approximate surface area is 185 Å². The van der Waals surface area contributed by atoms with Crippen molar-refractivity contribution in [3.8, 4) is 11.1 Å². The van der Waals surface area contributed by atoms with Crippen LogP contribution in [0.3, 0.4) is 0 Å². The molecule has 11 heteroatoms. The van der Waals surface area contributed by atoms with Crippen molar-refractivity contribution in [1.29, 1.82) is 0 Å². The number of methoxy groups -OCH3 is 1. The number of alkyl carbamates (subject to hydrolysis) is 1. The van der Waals surface area contributed by atoms with E-state index in [-0.39, 0.29) is 30.6 Å². The number of amides is 1. The van der Waals surface area contributed by atoms with Crippen LogP contribution in [0.4, 0.5) is 4.79 Å². The van der Waals surface area contributed by atoms with Gasteiger partial charge in [-0.05, 0) is 28.7 Å². The summed E-state index contributed by atoms with van der Waals surface area (Å²) in [5.74, 6) is -0.278. The minimum Gasteiger partial charge on any atom is -0.468 e. The average molecular weight is 464 g/mol. The van der Waals surface area contributed by atoms with Gasteiger partial charge < -0.3 is 20.1 Å². The van der Waals surface area contributed by atoms with Gasteiger partial charge in [-0.3, -0.25) is 13.9 Å². The molecule has 4 N–H and O–H groups in total. The Bertz CT molecular complexity index is 1040. The predicted octanol–water partition coefficient (Wildman–Crippen LogP) is 1.78. The van der Waals surface area contributed by atoms with Gasteiger partial charge in [-0.25, -0.2) is 4.79 Å². The molecular formula is C21H24N2O8S. The number of carbonyl (C=O) groups excluding carboxylic acids is 2. The Balaban J connectivity index is 0.000000523. The maximum atomic E-state index is 12.2. The Morgan fingerprint density at radius 2 is 1.59 bits per heavy atom. The summed E-state index contributed by atoms with van der Waals surface area (Å²) in [6, 6.07) is 15.9. The van der Waals surface area contributed by atoms with Gasteiger partial charge in [0.2, 0.25) is 0 Å². The van der Waals surface area contributed by atoms with Crippen molar-refractivity contribution in [3.05, 3.63) is 59.7 Å². The van der Waals surface area contributed by atoms with Crippen LogP contribution >= 0.6 is 0 Å². The normalized spacial score (nSPS) is 19.2. The topological polar surface area (TPSA) is 151 Å². The first-order valence-corrected chi connectivity index (χ1v) is 11.2. The van der Waals surface area contributed by atoms with E-state index in [1.165, 1.54) is 29.4 Å². The number of carbonyl (C=O) groups is 2. The van der Waals surface area contributed by atoms with Gasteiger partial charge in [0, 0.05) is 18.5 Å². The van der Waals surface area contributed by atoms with Crippen LogP contribution < -0.4 is 10.6 Å². The van der Waals surface area contributed by atoms with E-state index in [2.05, 4.69) is 34.9 Å². The van der Waals surface area contributed by atoms with E-state index in [0.717, 1.165) is 0 Å².